The van der Waals surface area contributed by atoms with Gasteiger partial charge in [0.15, 0.2) is 0 Å². The predicted octanol–water partition coefficient (Wildman–Crippen LogP) is -1.31. The molecule has 1 amide bonds. The number of nitrogens with one attached hydrogen (secondary N) is 2. The van der Waals surface area contributed by atoms with Crippen LogP contribution in [0.2, 0.25) is 0 Å². The zero-order chi connectivity index (χ0) is 15.6. The van der Waals surface area contributed by atoms with Gasteiger partial charge in [0.2, 0.25) is 0 Å². The lowest BCUT2D eigenvalue weighted by Crippen LogP contribution is -2.31. The van der Waals surface area contributed by atoms with Gasteiger partial charge in [-0.15, -0.1) is 0 Å². The van der Waals surface area contributed by atoms with Crippen LogP contribution in [0.25, 0.3) is 0 Å². The summed E-state index contributed by atoms with van der Waals surface area (Å²) in [6.45, 7) is -0.200. The summed E-state index contributed by atoms with van der Waals surface area (Å²) in [5.41, 5.74) is -0.690. The van der Waals surface area contributed by atoms with Crippen LogP contribution >= 0.6 is 0 Å². The van der Waals surface area contributed by atoms with Gasteiger partial charge in [-0.2, -0.15) is 0 Å². The summed E-state index contributed by atoms with van der Waals surface area (Å²) in [7, 11) is 0. The maximum absolute atomic E-state index is 11.6. The quantitative estimate of drug-likeness (QED) is 0.272. The van der Waals surface area contributed by atoms with Crippen molar-refractivity contribution in [3.63, 3.8) is 0 Å². The third-order valence-electron chi connectivity index (χ3n) is 2.56. The summed E-state index contributed by atoms with van der Waals surface area (Å²) < 4.78 is 5.92. The first-order chi connectivity index (χ1) is 9.92. The van der Waals surface area contributed by atoms with Crippen LogP contribution < -0.4 is 22.5 Å². The molecule has 110 valence electrons. The number of furan rings is 1. The number of rotatable bonds is 4. The maximum atomic E-state index is 11.6. The first kappa shape index (κ1) is 14.2. The van der Waals surface area contributed by atoms with Gasteiger partial charge < -0.3 is 4.42 Å². The first-order valence-electron chi connectivity index (χ1n) is 5.49. The number of hydrogen-bond acceptors (Lipinski definition) is 7. The van der Waals surface area contributed by atoms with Crippen molar-refractivity contribution in [2.24, 2.45) is 5.84 Å². The van der Waals surface area contributed by atoms with Crippen LogP contribution in [0.1, 0.15) is 16.1 Å². The summed E-state index contributed by atoms with van der Waals surface area (Å²) in [5, 5.41) is 10.6. The monoisotopic (exact) mass is 295 g/mol. The SMILES string of the molecule is NNC(=O)c1coc(Cn2cc([N+](=O)[O-])c(=O)[nH]c2=O)c1. The molecule has 0 saturated heterocycles. The van der Waals surface area contributed by atoms with E-state index in [1.165, 1.54) is 6.07 Å². The van der Waals surface area contributed by atoms with E-state index in [1.54, 1.807) is 0 Å². The fourth-order valence-corrected chi connectivity index (χ4v) is 1.58. The van der Waals surface area contributed by atoms with Gasteiger partial charge in [-0.3, -0.25) is 34.7 Å². The van der Waals surface area contributed by atoms with Gasteiger partial charge in [0.25, 0.3) is 5.91 Å². The molecule has 2 heterocycles. The van der Waals surface area contributed by atoms with E-state index in [9.17, 15) is 24.5 Å². The van der Waals surface area contributed by atoms with Gasteiger partial charge in [-0.05, 0) is 6.07 Å². The molecule has 0 saturated carbocycles. The number of aromatic nitrogens is 2. The lowest BCUT2D eigenvalue weighted by Gasteiger charge is -2.01. The Morgan fingerprint density at radius 3 is 2.86 bits per heavy atom. The number of H-pyrrole nitrogens is 1. The van der Waals surface area contributed by atoms with Gasteiger partial charge in [0.1, 0.15) is 12.0 Å². The number of carbonyl (C=O) groups is 1. The van der Waals surface area contributed by atoms with Crippen LogP contribution in [0, 0.1) is 10.1 Å². The van der Waals surface area contributed by atoms with Crippen LogP contribution in [0.15, 0.2) is 32.5 Å². The molecule has 4 N–H and O–H groups in total. The molecule has 2 aromatic heterocycles. The molecular weight excluding hydrogens is 286 g/mol. The van der Waals surface area contributed by atoms with Crippen molar-refractivity contribution >= 4 is 11.6 Å². The Morgan fingerprint density at radius 2 is 2.24 bits per heavy atom. The van der Waals surface area contributed by atoms with Crippen molar-refractivity contribution in [1.29, 1.82) is 0 Å². The molecule has 2 rings (SSSR count). The van der Waals surface area contributed by atoms with Crippen LogP contribution in [-0.2, 0) is 6.54 Å². The van der Waals surface area contributed by atoms with Gasteiger partial charge in [0, 0.05) is 0 Å². The number of nitrogens with zero attached hydrogens (tertiary/aromatic N) is 2. The number of nitrogens with two attached hydrogens (primary N) is 1. The summed E-state index contributed by atoms with van der Waals surface area (Å²) in [4.78, 5) is 45.6. The van der Waals surface area contributed by atoms with E-state index >= 15 is 0 Å². The summed E-state index contributed by atoms with van der Waals surface area (Å²) in [6, 6.07) is 1.31. The second-order valence-corrected chi connectivity index (χ2v) is 3.93. The Labute approximate surface area is 115 Å². The van der Waals surface area contributed by atoms with E-state index in [2.05, 4.69) is 0 Å². The fraction of sp³-hybridized carbons (Fsp3) is 0.100. The number of aromatic amines is 1. The normalized spacial score (nSPS) is 10.3. The first-order valence-corrected chi connectivity index (χ1v) is 5.49. The zero-order valence-electron chi connectivity index (χ0n) is 10.4. The Morgan fingerprint density at radius 1 is 1.52 bits per heavy atom. The highest BCUT2D eigenvalue weighted by molar-refractivity contribution is 5.93. The Bertz CT molecular complexity index is 816. The Kier molecular flexibility index (Phi) is 3.67. The van der Waals surface area contributed by atoms with E-state index in [0.29, 0.717) is 0 Å². The van der Waals surface area contributed by atoms with Crippen LogP contribution in [0.4, 0.5) is 5.69 Å². The largest absolute Gasteiger partial charge is 0.467 e. The highest BCUT2D eigenvalue weighted by atomic mass is 16.6. The molecule has 0 aliphatic carbocycles. The number of hydrazine groups is 1. The molecule has 0 aliphatic rings. The van der Waals surface area contributed by atoms with E-state index in [-0.39, 0.29) is 17.9 Å². The van der Waals surface area contributed by atoms with Crippen molar-refractivity contribution in [2.45, 2.75) is 6.54 Å². The predicted molar refractivity (Wildman–Crippen MR) is 67.4 cm³/mol. The molecule has 0 radical (unpaired) electrons. The molecular formula is C10H9N5O6. The number of nitro groups is 1. The summed E-state index contributed by atoms with van der Waals surface area (Å²) >= 11 is 0. The maximum Gasteiger partial charge on any atom is 0.350 e. The lowest BCUT2D eigenvalue weighted by molar-refractivity contribution is -0.386. The second kappa shape index (κ2) is 5.42. The van der Waals surface area contributed by atoms with Crippen molar-refractivity contribution < 1.29 is 14.1 Å². The summed E-state index contributed by atoms with van der Waals surface area (Å²) in [5.74, 6) is 4.53. The van der Waals surface area contributed by atoms with Crippen LogP contribution in [0.3, 0.4) is 0 Å². The lowest BCUT2D eigenvalue weighted by atomic mass is 10.3. The number of carbonyl (C=O) groups excluding carboxylic acids is 1. The number of hydrogen-bond donors (Lipinski definition) is 3. The molecule has 0 spiro atoms. The van der Waals surface area contributed by atoms with Gasteiger partial charge >= 0.3 is 16.9 Å². The number of nitrogen functional groups attached to an aromatic ring is 1. The topological polar surface area (TPSA) is 166 Å². The van der Waals surface area contributed by atoms with Crippen molar-refractivity contribution in [1.82, 2.24) is 15.0 Å². The third-order valence-corrected chi connectivity index (χ3v) is 2.56. The molecule has 11 heteroatoms. The highest BCUT2D eigenvalue weighted by Crippen LogP contribution is 2.09. The minimum Gasteiger partial charge on any atom is -0.467 e. The van der Waals surface area contributed by atoms with Crippen molar-refractivity contribution in [3.05, 3.63) is 60.8 Å². The molecule has 21 heavy (non-hydrogen) atoms. The molecule has 0 atom stereocenters. The summed E-state index contributed by atoms with van der Waals surface area (Å²) in [6.07, 6.45) is 1.91. The molecule has 0 aromatic carbocycles. The van der Waals surface area contributed by atoms with Gasteiger partial charge in [0.05, 0.1) is 23.2 Å². The smallest absolute Gasteiger partial charge is 0.350 e. The molecule has 0 bridgehead atoms. The molecule has 0 fully saturated rings. The van der Waals surface area contributed by atoms with Gasteiger partial charge in [-0.25, -0.2) is 10.6 Å². The molecule has 0 unspecified atom stereocenters. The van der Waals surface area contributed by atoms with Crippen molar-refractivity contribution in [2.75, 3.05) is 0 Å². The van der Waals surface area contributed by atoms with Crippen molar-refractivity contribution in [3.8, 4) is 0 Å². The van der Waals surface area contributed by atoms with E-state index in [1.807, 2.05) is 10.4 Å². The Balaban J connectivity index is 2.35. The van der Waals surface area contributed by atoms with E-state index < -0.39 is 27.8 Å². The van der Waals surface area contributed by atoms with Gasteiger partial charge in [-0.1, -0.05) is 0 Å². The van der Waals surface area contributed by atoms with Crippen LogP contribution in [0.5, 0.6) is 0 Å². The van der Waals surface area contributed by atoms with E-state index in [0.717, 1.165) is 17.0 Å². The average Bonchev–Trinajstić information content (AvgIpc) is 2.89. The minimum absolute atomic E-state index is 0.125. The third kappa shape index (κ3) is 2.87. The fourth-order valence-electron chi connectivity index (χ4n) is 1.58. The minimum atomic E-state index is -1.09. The molecule has 11 nitrogen and oxygen atoms in total. The number of amides is 1. The standard InChI is InChI=1S/C10H9N5O6/c11-13-8(16)5-1-6(21-4-5)2-14-3-7(15(19)20)9(17)12-10(14)18/h1,3-4H,2,11H2,(H,13,16)(H,12,17,18). The Hall–Kier alpha value is -3.21. The van der Waals surface area contributed by atoms with E-state index in [4.69, 9.17) is 10.3 Å². The zero-order valence-corrected chi connectivity index (χ0v) is 10.4. The average molecular weight is 295 g/mol. The molecule has 0 aliphatic heterocycles. The van der Waals surface area contributed by atoms with Crippen LogP contribution in [-0.4, -0.2) is 20.4 Å². The second-order valence-electron chi connectivity index (χ2n) is 3.93. The highest BCUT2D eigenvalue weighted by Gasteiger charge is 2.16. The molecule has 2 aromatic rings.